The third kappa shape index (κ3) is 7.14. The Hall–Kier alpha value is -2.59. The molecule has 0 atom stereocenters. The minimum Gasteiger partial charge on any atom is -0.353 e. The molecule has 0 aliphatic carbocycles. The van der Waals surface area contributed by atoms with Crippen molar-refractivity contribution in [3.05, 3.63) is 92.5 Å². The standard InChI is InChI=1S/C29H31BrClF2N5O/c30-23-5-4-21(27(33)16-23)19-36-8-6-25(7-9-36)37-10-12-38(13-11-37)28-26(31)15-22(18-34-28)29(39)35-17-20-2-1-3-24(32)14-20/h1-5,14-16,18,25H,6-13,17,19H2,(H,35,39). The van der Waals surface area contributed by atoms with Gasteiger partial charge in [0, 0.05) is 61.5 Å². The summed E-state index contributed by atoms with van der Waals surface area (Å²) in [7, 11) is 0. The predicted molar refractivity (Wildman–Crippen MR) is 153 cm³/mol. The van der Waals surface area contributed by atoms with Crippen molar-refractivity contribution in [1.82, 2.24) is 20.1 Å². The fourth-order valence-corrected chi connectivity index (χ4v) is 5.97. The first-order valence-corrected chi connectivity index (χ1v) is 14.4. The van der Waals surface area contributed by atoms with Crippen LogP contribution in [0.1, 0.15) is 34.3 Å². The van der Waals surface area contributed by atoms with Crippen molar-refractivity contribution in [3.8, 4) is 0 Å². The van der Waals surface area contributed by atoms with Gasteiger partial charge in [-0.2, -0.15) is 0 Å². The van der Waals surface area contributed by atoms with Gasteiger partial charge >= 0.3 is 0 Å². The van der Waals surface area contributed by atoms with Crippen molar-refractivity contribution in [1.29, 1.82) is 0 Å². The van der Waals surface area contributed by atoms with Gasteiger partial charge in [0.05, 0.1) is 10.6 Å². The Morgan fingerprint density at radius 1 is 1.03 bits per heavy atom. The van der Waals surface area contributed by atoms with Crippen molar-refractivity contribution in [2.75, 3.05) is 44.2 Å². The van der Waals surface area contributed by atoms with E-state index in [1.807, 2.05) is 12.1 Å². The summed E-state index contributed by atoms with van der Waals surface area (Å²) < 4.78 is 28.4. The number of piperazine rings is 1. The maximum atomic E-state index is 14.2. The monoisotopic (exact) mass is 617 g/mol. The molecule has 2 aromatic carbocycles. The summed E-state index contributed by atoms with van der Waals surface area (Å²) in [6.45, 7) is 6.22. The number of rotatable bonds is 7. The van der Waals surface area contributed by atoms with Gasteiger partial charge in [-0.25, -0.2) is 13.8 Å². The third-order valence-corrected chi connectivity index (χ3v) is 8.29. The van der Waals surface area contributed by atoms with Gasteiger partial charge in [0.1, 0.15) is 17.5 Å². The molecule has 0 saturated carbocycles. The van der Waals surface area contributed by atoms with E-state index in [2.05, 4.69) is 40.9 Å². The highest BCUT2D eigenvalue weighted by molar-refractivity contribution is 9.10. The van der Waals surface area contributed by atoms with Crippen LogP contribution in [0.2, 0.25) is 5.02 Å². The molecule has 206 valence electrons. The number of amides is 1. The van der Waals surface area contributed by atoms with E-state index < -0.39 is 0 Å². The van der Waals surface area contributed by atoms with Crippen LogP contribution in [0.5, 0.6) is 0 Å². The molecule has 0 unspecified atom stereocenters. The quantitative estimate of drug-likeness (QED) is 0.380. The Labute approximate surface area is 241 Å². The first kappa shape index (κ1) is 28.0. The largest absolute Gasteiger partial charge is 0.353 e. The fourth-order valence-electron chi connectivity index (χ4n) is 5.35. The zero-order valence-electron chi connectivity index (χ0n) is 21.6. The van der Waals surface area contributed by atoms with Crippen LogP contribution in [0.25, 0.3) is 0 Å². The van der Waals surface area contributed by atoms with E-state index in [1.54, 1.807) is 24.4 Å². The second kappa shape index (κ2) is 12.7. The van der Waals surface area contributed by atoms with E-state index in [4.69, 9.17) is 11.6 Å². The lowest BCUT2D eigenvalue weighted by Gasteiger charge is -2.43. The molecule has 1 aromatic heterocycles. The minimum atomic E-state index is -0.338. The predicted octanol–water partition coefficient (Wildman–Crippen LogP) is 5.49. The van der Waals surface area contributed by atoms with Crippen molar-refractivity contribution in [3.63, 3.8) is 0 Å². The van der Waals surface area contributed by atoms with Gasteiger partial charge in [-0.1, -0.05) is 45.7 Å². The molecular formula is C29H31BrClF2N5O. The number of aromatic nitrogens is 1. The highest BCUT2D eigenvalue weighted by Crippen LogP contribution is 2.27. The number of hydrogen-bond acceptors (Lipinski definition) is 5. The van der Waals surface area contributed by atoms with Crippen molar-refractivity contribution >= 4 is 39.3 Å². The Bertz CT molecular complexity index is 1310. The number of nitrogens with zero attached hydrogens (tertiary/aromatic N) is 4. The van der Waals surface area contributed by atoms with Crippen LogP contribution in [-0.4, -0.2) is 66.0 Å². The van der Waals surface area contributed by atoms with Crippen LogP contribution in [0.3, 0.4) is 0 Å². The third-order valence-electron chi connectivity index (χ3n) is 7.52. The number of hydrogen-bond donors (Lipinski definition) is 1. The Morgan fingerprint density at radius 3 is 2.49 bits per heavy atom. The number of carbonyl (C=O) groups excluding carboxylic acids is 1. The Morgan fingerprint density at radius 2 is 1.79 bits per heavy atom. The molecule has 10 heteroatoms. The zero-order chi connectivity index (χ0) is 27.4. The molecular weight excluding hydrogens is 588 g/mol. The number of halogens is 4. The lowest BCUT2D eigenvalue weighted by atomic mass is 10.0. The number of nitrogens with one attached hydrogen (secondary N) is 1. The summed E-state index contributed by atoms with van der Waals surface area (Å²) in [4.78, 5) is 24.1. The molecule has 0 spiro atoms. The molecule has 2 aliphatic rings. The molecule has 1 N–H and O–H groups in total. The molecule has 0 bridgehead atoms. The molecule has 1 amide bonds. The number of pyridine rings is 1. The summed E-state index contributed by atoms with van der Waals surface area (Å²) in [5.41, 5.74) is 1.79. The zero-order valence-corrected chi connectivity index (χ0v) is 23.9. The fraction of sp³-hybridized carbons (Fsp3) is 0.379. The average molecular weight is 619 g/mol. The number of benzene rings is 2. The maximum absolute atomic E-state index is 14.2. The minimum absolute atomic E-state index is 0.160. The number of anilines is 1. The Balaban J connectivity index is 1.09. The average Bonchev–Trinajstić information content (AvgIpc) is 2.94. The van der Waals surface area contributed by atoms with Gasteiger partial charge < -0.3 is 10.2 Å². The molecule has 0 radical (unpaired) electrons. The van der Waals surface area contributed by atoms with Crippen LogP contribution in [0, 0.1) is 11.6 Å². The highest BCUT2D eigenvalue weighted by Gasteiger charge is 2.29. The van der Waals surface area contributed by atoms with Gasteiger partial charge in [-0.15, -0.1) is 0 Å². The van der Waals surface area contributed by atoms with Gasteiger partial charge in [0.2, 0.25) is 0 Å². The lowest BCUT2D eigenvalue weighted by molar-refractivity contribution is 0.0950. The summed E-state index contributed by atoms with van der Waals surface area (Å²) >= 11 is 9.87. The summed E-state index contributed by atoms with van der Waals surface area (Å²) in [5.74, 6) is -0.120. The van der Waals surface area contributed by atoms with E-state index in [9.17, 15) is 13.6 Å². The first-order chi connectivity index (χ1) is 18.9. The first-order valence-electron chi connectivity index (χ1n) is 13.2. The SMILES string of the molecule is O=C(NCc1cccc(F)c1)c1cnc(N2CCN(C3CCN(Cc4ccc(Br)cc4F)CC3)CC2)c(Cl)c1. The van der Waals surface area contributed by atoms with E-state index in [0.717, 1.165) is 62.1 Å². The highest BCUT2D eigenvalue weighted by atomic mass is 79.9. The second-order valence-corrected chi connectivity index (χ2v) is 11.4. The van der Waals surface area contributed by atoms with Crippen LogP contribution in [0.15, 0.2) is 59.2 Å². The van der Waals surface area contributed by atoms with Crippen LogP contribution < -0.4 is 10.2 Å². The molecule has 3 aromatic rings. The van der Waals surface area contributed by atoms with Crippen molar-refractivity contribution in [2.24, 2.45) is 0 Å². The number of likely N-dealkylation sites (tertiary alicyclic amines) is 1. The smallest absolute Gasteiger partial charge is 0.253 e. The molecule has 3 heterocycles. The normalized spacial score (nSPS) is 17.4. The van der Waals surface area contributed by atoms with Gasteiger partial charge in [0.15, 0.2) is 0 Å². The van der Waals surface area contributed by atoms with E-state index >= 15 is 0 Å². The number of carbonyl (C=O) groups is 1. The van der Waals surface area contributed by atoms with E-state index in [-0.39, 0.29) is 24.1 Å². The van der Waals surface area contributed by atoms with Crippen molar-refractivity contribution in [2.45, 2.75) is 32.0 Å². The summed E-state index contributed by atoms with van der Waals surface area (Å²) in [5, 5.41) is 3.22. The topological polar surface area (TPSA) is 51.7 Å². The van der Waals surface area contributed by atoms with Crippen LogP contribution in [0.4, 0.5) is 14.6 Å². The molecule has 39 heavy (non-hydrogen) atoms. The molecule has 2 saturated heterocycles. The van der Waals surface area contributed by atoms with Crippen molar-refractivity contribution < 1.29 is 13.6 Å². The second-order valence-electron chi connectivity index (χ2n) is 10.1. The molecule has 2 aliphatic heterocycles. The van der Waals surface area contributed by atoms with Gasteiger partial charge in [-0.05, 0) is 61.8 Å². The molecule has 2 fully saturated rings. The van der Waals surface area contributed by atoms with Crippen LogP contribution in [-0.2, 0) is 13.1 Å². The van der Waals surface area contributed by atoms with Gasteiger partial charge in [-0.3, -0.25) is 14.6 Å². The van der Waals surface area contributed by atoms with Crippen LogP contribution >= 0.6 is 27.5 Å². The maximum Gasteiger partial charge on any atom is 0.253 e. The summed E-state index contributed by atoms with van der Waals surface area (Å²) in [6.07, 6.45) is 3.67. The number of piperidine rings is 1. The molecule has 5 rings (SSSR count). The molecule has 6 nitrogen and oxygen atoms in total. The van der Waals surface area contributed by atoms with E-state index in [0.29, 0.717) is 34.6 Å². The van der Waals surface area contributed by atoms with E-state index in [1.165, 1.54) is 18.2 Å². The van der Waals surface area contributed by atoms with Gasteiger partial charge in [0.25, 0.3) is 5.91 Å². The Kier molecular flexibility index (Phi) is 9.12. The summed E-state index contributed by atoms with van der Waals surface area (Å²) in [6, 6.07) is 13.6. The lowest BCUT2D eigenvalue weighted by Crippen LogP contribution is -2.53.